The molecule has 4 heterocycles. The standard InChI is InChI=1S/C26H23F2N5O/c1-14-15(2)31-26-23(30-14)11-22(32-25(26)20-6-3-18(27)10-21(20)28)16-7-8-34-24(9-16)17-12-29-33(13-17)19-4-5-19/h3,6,9-13,19,24H,4-5,7-8H2,1-2H3. The number of hydrogen-bond donors (Lipinski definition) is 0. The van der Waals surface area contributed by atoms with Gasteiger partial charge in [-0.05, 0) is 63.0 Å². The van der Waals surface area contributed by atoms with E-state index in [1.165, 1.54) is 12.1 Å². The summed E-state index contributed by atoms with van der Waals surface area (Å²) in [6, 6.07) is 5.89. The second kappa shape index (κ2) is 8.06. The van der Waals surface area contributed by atoms with E-state index in [1.807, 2.05) is 43.1 Å². The van der Waals surface area contributed by atoms with Crippen LogP contribution in [0.2, 0.25) is 0 Å². The fraction of sp³-hybridized carbons (Fsp3) is 0.308. The van der Waals surface area contributed by atoms with Crippen LogP contribution in [0.5, 0.6) is 0 Å². The van der Waals surface area contributed by atoms with Crippen LogP contribution in [-0.4, -0.2) is 31.3 Å². The van der Waals surface area contributed by atoms with Gasteiger partial charge in [-0.15, -0.1) is 0 Å². The summed E-state index contributed by atoms with van der Waals surface area (Å²) in [5.74, 6) is -1.32. The van der Waals surface area contributed by atoms with Gasteiger partial charge >= 0.3 is 0 Å². The summed E-state index contributed by atoms with van der Waals surface area (Å²) in [4.78, 5) is 14.2. The molecule has 0 amide bonds. The maximum Gasteiger partial charge on any atom is 0.135 e. The van der Waals surface area contributed by atoms with Crippen LogP contribution in [0.25, 0.3) is 27.9 Å². The molecule has 1 aliphatic heterocycles. The number of ether oxygens (including phenoxy) is 1. The Hall–Kier alpha value is -3.52. The maximum atomic E-state index is 14.8. The Morgan fingerprint density at radius 3 is 2.65 bits per heavy atom. The number of benzene rings is 1. The second-order valence-electron chi connectivity index (χ2n) is 8.96. The van der Waals surface area contributed by atoms with Gasteiger partial charge in [0.25, 0.3) is 0 Å². The molecule has 1 aromatic carbocycles. The fourth-order valence-corrected chi connectivity index (χ4v) is 4.32. The number of nitrogens with zero attached hydrogens (tertiary/aromatic N) is 5. The van der Waals surface area contributed by atoms with Gasteiger partial charge < -0.3 is 4.74 Å². The summed E-state index contributed by atoms with van der Waals surface area (Å²) in [5.41, 5.74) is 5.87. The predicted octanol–water partition coefficient (Wildman–Crippen LogP) is 5.66. The van der Waals surface area contributed by atoms with Gasteiger partial charge in [0.15, 0.2) is 0 Å². The van der Waals surface area contributed by atoms with Crippen LogP contribution >= 0.6 is 0 Å². The average molecular weight is 460 g/mol. The van der Waals surface area contributed by atoms with Crippen molar-refractivity contribution in [2.75, 3.05) is 6.61 Å². The Morgan fingerprint density at radius 2 is 1.85 bits per heavy atom. The minimum Gasteiger partial charge on any atom is -0.369 e. The van der Waals surface area contributed by atoms with Crippen molar-refractivity contribution in [1.82, 2.24) is 24.7 Å². The van der Waals surface area contributed by atoms with Gasteiger partial charge in [-0.2, -0.15) is 5.10 Å². The van der Waals surface area contributed by atoms with E-state index in [0.717, 1.165) is 41.4 Å². The predicted molar refractivity (Wildman–Crippen MR) is 124 cm³/mol. The van der Waals surface area contributed by atoms with E-state index >= 15 is 0 Å². The normalized spacial score (nSPS) is 18.4. The van der Waals surface area contributed by atoms with E-state index in [9.17, 15) is 8.78 Å². The molecule has 34 heavy (non-hydrogen) atoms. The molecule has 0 bridgehead atoms. The molecule has 3 aromatic heterocycles. The van der Waals surface area contributed by atoms with Crippen molar-refractivity contribution in [2.24, 2.45) is 0 Å². The fourth-order valence-electron chi connectivity index (χ4n) is 4.32. The lowest BCUT2D eigenvalue weighted by molar-refractivity contribution is 0.0826. The lowest BCUT2D eigenvalue weighted by atomic mass is 9.99. The summed E-state index contributed by atoms with van der Waals surface area (Å²) >= 11 is 0. The highest BCUT2D eigenvalue weighted by molar-refractivity contribution is 5.91. The largest absolute Gasteiger partial charge is 0.369 e. The molecule has 4 aromatic rings. The number of fused-ring (bicyclic) bond motifs is 1. The Morgan fingerprint density at radius 1 is 1.03 bits per heavy atom. The van der Waals surface area contributed by atoms with Gasteiger partial charge in [-0.3, -0.25) is 4.68 Å². The Kier molecular flexibility index (Phi) is 4.99. The summed E-state index contributed by atoms with van der Waals surface area (Å²) in [7, 11) is 0. The van der Waals surface area contributed by atoms with E-state index in [2.05, 4.69) is 10.1 Å². The first-order valence-electron chi connectivity index (χ1n) is 11.4. The van der Waals surface area contributed by atoms with E-state index in [-0.39, 0.29) is 11.7 Å². The van der Waals surface area contributed by atoms with Crippen LogP contribution in [0.1, 0.15) is 54.1 Å². The van der Waals surface area contributed by atoms with Gasteiger partial charge in [0, 0.05) is 23.4 Å². The minimum atomic E-state index is -0.683. The van der Waals surface area contributed by atoms with Gasteiger partial charge in [0.05, 0.1) is 41.4 Å². The Bertz CT molecular complexity index is 1460. The maximum absolute atomic E-state index is 14.8. The molecule has 0 N–H and O–H groups in total. The van der Waals surface area contributed by atoms with E-state index in [0.29, 0.717) is 41.5 Å². The van der Waals surface area contributed by atoms with Gasteiger partial charge in [-0.1, -0.05) is 0 Å². The Labute approximate surface area is 195 Å². The van der Waals surface area contributed by atoms with Crippen molar-refractivity contribution in [2.45, 2.75) is 45.3 Å². The van der Waals surface area contributed by atoms with Crippen LogP contribution in [-0.2, 0) is 4.74 Å². The van der Waals surface area contributed by atoms with Gasteiger partial charge in [0.2, 0.25) is 0 Å². The zero-order valence-electron chi connectivity index (χ0n) is 18.9. The first kappa shape index (κ1) is 21.0. The van der Waals surface area contributed by atoms with Crippen LogP contribution in [0.4, 0.5) is 8.78 Å². The van der Waals surface area contributed by atoms with Crippen LogP contribution < -0.4 is 0 Å². The molecule has 1 atom stereocenters. The number of rotatable bonds is 4. The molecule has 1 fully saturated rings. The van der Waals surface area contributed by atoms with E-state index in [4.69, 9.17) is 14.7 Å². The van der Waals surface area contributed by atoms with Crippen molar-refractivity contribution < 1.29 is 13.5 Å². The number of halogens is 2. The van der Waals surface area contributed by atoms with Gasteiger partial charge in [0.1, 0.15) is 28.9 Å². The lowest BCUT2D eigenvalue weighted by Crippen LogP contribution is -2.11. The summed E-state index contributed by atoms with van der Waals surface area (Å²) in [6.45, 7) is 4.28. The average Bonchev–Trinajstić information content (AvgIpc) is 3.56. The van der Waals surface area contributed by atoms with Gasteiger partial charge in [-0.25, -0.2) is 23.7 Å². The molecule has 0 spiro atoms. The van der Waals surface area contributed by atoms with E-state index in [1.54, 1.807) is 0 Å². The third-order valence-electron chi connectivity index (χ3n) is 6.47. The molecular weight excluding hydrogens is 436 g/mol. The first-order valence-corrected chi connectivity index (χ1v) is 11.4. The molecule has 0 radical (unpaired) electrons. The van der Waals surface area contributed by atoms with Crippen molar-refractivity contribution in [3.05, 3.63) is 77.0 Å². The molecule has 8 heteroatoms. The van der Waals surface area contributed by atoms with Crippen molar-refractivity contribution in [1.29, 1.82) is 0 Å². The first-order chi connectivity index (χ1) is 16.5. The van der Waals surface area contributed by atoms with Crippen LogP contribution in [0.3, 0.4) is 0 Å². The highest BCUT2D eigenvalue weighted by Crippen LogP contribution is 2.37. The molecule has 1 saturated carbocycles. The van der Waals surface area contributed by atoms with E-state index < -0.39 is 11.6 Å². The molecule has 0 saturated heterocycles. The van der Waals surface area contributed by atoms with Crippen LogP contribution in [0, 0.1) is 25.5 Å². The van der Waals surface area contributed by atoms with Crippen LogP contribution in [0.15, 0.2) is 42.7 Å². The quantitative estimate of drug-likeness (QED) is 0.394. The van der Waals surface area contributed by atoms with Crippen molar-refractivity contribution in [3.8, 4) is 11.3 Å². The number of aryl methyl sites for hydroxylation is 2. The minimum absolute atomic E-state index is 0.195. The molecule has 172 valence electrons. The van der Waals surface area contributed by atoms with Crippen molar-refractivity contribution >= 4 is 16.6 Å². The zero-order chi connectivity index (χ0) is 23.4. The van der Waals surface area contributed by atoms with Crippen molar-refractivity contribution in [3.63, 3.8) is 0 Å². The number of hydrogen-bond acceptors (Lipinski definition) is 5. The molecule has 2 aliphatic rings. The number of aromatic nitrogens is 5. The third-order valence-corrected chi connectivity index (χ3v) is 6.47. The SMILES string of the molecule is Cc1nc2cc(C3=CC(c4cnn(C5CC5)c4)OCC3)nc(-c3ccc(F)cc3F)c2nc1C. The zero-order valence-corrected chi connectivity index (χ0v) is 18.9. The molecule has 1 aliphatic carbocycles. The third kappa shape index (κ3) is 3.77. The smallest absolute Gasteiger partial charge is 0.135 e. The highest BCUT2D eigenvalue weighted by atomic mass is 19.1. The Balaban J connectivity index is 1.48. The monoisotopic (exact) mass is 459 g/mol. The highest BCUT2D eigenvalue weighted by Gasteiger charge is 2.26. The molecule has 1 unspecified atom stereocenters. The lowest BCUT2D eigenvalue weighted by Gasteiger charge is -2.22. The molecule has 6 rings (SSSR count). The molecular formula is C26H23F2N5O. The topological polar surface area (TPSA) is 65.7 Å². The second-order valence-corrected chi connectivity index (χ2v) is 8.96. The summed E-state index contributed by atoms with van der Waals surface area (Å²) in [6.07, 6.45) is 8.71. The summed E-state index contributed by atoms with van der Waals surface area (Å²) < 4.78 is 36.4. The number of pyridine rings is 1. The summed E-state index contributed by atoms with van der Waals surface area (Å²) in [5, 5.41) is 4.48. The molecule has 6 nitrogen and oxygen atoms in total.